The summed E-state index contributed by atoms with van der Waals surface area (Å²) in [6, 6.07) is 9.25. The molecule has 3 aromatic heterocycles. The molecule has 10 nitrogen and oxygen atoms in total. The molecule has 0 aromatic carbocycles. The Morgan fingerprint density at radius 3 is 2.80 bits per heavy atom. The zero-order valence-electron chi connectivity index (χ0n) is 18.9. The van der Waals surface area contributed by atoms with Crippen molar-refractivity contribution >= 4 is 40.8 Å². The van der Waals surface area contributed by atoms with Crippen molar-refractivity contribution < 1.29 is 14.0 Å². The van der Waals surface area contributed by atoms with E-state index in [1.165, 1.54) is 0 Å². The van der Waals surface area contributed by atoms with Crippen LogP contribution in [0, 0.1) is 5.92 Å². The molecule has 180 valence electrons. The maximum absolute atomic E-state index is 11.8. The number of furan rings is 1. The molecule has 0 unspecified atom stereocenters. The first kappa shape index (κ1) is 23.1. The molecular weight excluding hydrogens is 466 g/mol. The summed E-state index contributed by atoms with van der Waals surface area (Å²) in [6.07, 6.45) is 6.96. The highest BCUT2D eigenvalue weighted by atomic mass is 32.2. The number of imide groups is 1. The normalized spacial score (nSPS) is 17.8. The van der Waals surface area contributed by atoms with E-state index in [2.05, 4.69) is 30.5 Å². The van der Waals surface area contributed by atoms with E-state index in [1.54, 1.807) is 24.6 Å². The molecule has 0 radical (unpaired) electrons. The summed E-state index contributed by atoms with van der Waals surface area (Å²) >= 11 is 0.882. The minimum absolute atomic E-state index is 0.343. The van der Waals surface area contributed by atoms with E-state index in [1.807, 2.05) is 24.3 Å². The second kappa shape index (κ2) is 10.3. The Hall–Kier alpha value is -3.70. The van der Waals surface area contributed by atoms with Crippen molar-refractivity contribution in [1.29, 1.82) is 0 Å². The van der Waals surface area contributed by atoms with Gasteiger partial charge in [0.05, 0.1) is 16.9 Å². The number of carbonyl (C=O) groups is 2. The fourth-order valence-corrected chi connectivity index (χ4v) is 4.84. The van der Waals surface area contributed by atoms with Crippen LogP contribution in [-0.4, -0.2) is 45.7 Å². The third-order valence-corrected chi connectivity index (χ3v) is 6.80. The highest BCUT2D eigenvalue weighted by molar-refractivity contribution is 8.18. The van der Waals surface area contributed by atoms with Gasteiger partial charge in [-0.1, -0.05) is 6.07 Å². The fraction of sp³-hybridized carbons (Fsp3) is 0.292. The van der Waals surface area contributed by atoms with Crippen molar-refractivity contribution in [3.05, 3.63) is 59.0 Å². The lowest BCUT2D eigenvalue weighted by molar-refractivity contribution is -0.115. The molecule has 2 amide bonds. The van der Waals surface area contributed by atoms with Crippen LogP contribution >= 0.6 is 11.8 Å². The van der Waals surface area contributed by atoms with Crippen LogP contribution in [0.5, 0.6) is 0 Å². The minimum atomic E-state index is -0.389. The van der Waals surface area contributed by atoms with Crippen LogP contribution in [0.2, 0.25) is 0 Å². The predicted molar refractivity (Wildman–Crippen MR) is 134 cm³/mol. The van der Waals surface area contributed by atoms with Gasteiger partial charge in [-0.2, -0.15) is 0 Å². The fourth-order valence-electron chi connectivity index (χ4n) is 4.17. The highest BCUT2D eigenvalue weighted by Crippen LogP contribution is 2.26. The largest absolute Gasteiger partial charge is 0.463 e. The summed E-state index contributed by atoms with van der Waals surface area (Å²) in [5, 5.41) is 5.45. The molecule has 0 bridgehead atoms. The maximum Gasteiger partial charge on any atom is 0.290 e. The molecule has 0 atom stereocenters. The van der Waals surface area contributed by atoms with E-state index in [0.717, 1.165) is 55.5 Å². The summed E-state index contributed by atoms with van der Waals surface area (Å²) in [6.45, 7) is 3.27. The molecule has 3 aromatic rings. The molecule has 2 saturated heterocycles. The second-order valence-electron chi connectivity index (χ2n) is 8.42. The first-order chi connectivity index (χ1) is 17.0. The Labute approximate surface area is 206 Å². The molecule has 4 N–H and O–H groups in total. The van der Waals surface area contributed by atoms with Crippen molar-refractivity contribution in [2.75, 3.05) is 30.3 Å². The van der Waals surface area contributed by atoms with Crippen molar-refractivity contribution in [3.8, 4) is 11.5 Å². The molecule has 11 heteroatoms. The Kier molecular flexibility index (Phi) is 6.77. The van der Waals surface area contributed by atoms with Crippen LogP contribution in [0.15, 0.2) is 52.1 Å². The lowest BCUT2D eigenvalue weighted by Crippen LogP contribution is -2.38. The van der Waals surface area contributed by atoms with Crippen LogP contribution in [0.4, 0.5) is 16.6 Å². The standard InChI is InChI=1S/C24H25N7O3S/c25-20-4-3-16(21(29-20)18-2-1-11-34-18)14-26-13-15-6-9-31(10-7-15)23-27-8-5-17(28-23)12-19-22(32)30-24(33)35-19/h1-5,8,11-12,15,26H,6-7,9-10,13-14H2,(H2,25,29)(H,30,32,33)/b19-12-. The van der Waals surface area contributed by atoms with Gasteiger partial charge < -0.3 is 20.4 Å². The number of hydrogen-bond acceptors (Lipinski definition) is 10. The number of hydrogen-bond donors (Lipinski definition) is 3. The SMILES string of the molecule is Nc1ccc(CNCC2CCN(c3nccc(/C=C4\SC(=O)NC4=O)n3)CC2)c(-c2ccco2)n1. The number of aromatic nitrogens is 3. The number of pyridine rings is 1. The van der Waals surface area contributed by atoms with Gasteiger partial charge >= 0.3 is 0 Å². The monoisotopic (exact) mass is 491 g/mol. The first-order valence-electron chi connectivity index (χ1n) is 11.4. The zero-order valence-corrected chi connectivity index (χ0v) is 19.8. The van der Waals surface area contributed by atoms with Crippen molar-refractivity contribution in [3.63, 3.8) is 0 Å². The third-order valence-electron chi connectivity index (χ3n) is 5.99. The second-order valence-corrected chi connectivity index (χ2v) is 9.43. The van der Waals surface area contributed by atoms with Crippen molar-refractivity contribution in [2.45, 2.75) is 19.4 Å². The van der Waals surface area contributed by atoms with Crippen LogP contribution in [0.3, 0.4) is 0 Å². The van der Waals surface area contributed by atoms with Gasteiger partial charge in [-0.25, -0.2) is 15.0 Å². The highest BCUT2D eigenvalue weighted by Gasteiger charge is 2.26. The van der Waals surface area contributed by atoms with Gasteiger partial charge in [-0.3, -0.25) is 14.9 Å². The van der Waals surface area contributed by atoms with E-state index >= 15 is 0 Å². The van der Waals surface area contributed by atoms with E-state index in [9.17, 15) is 9.59 Å². The average Bonchev–Trinajstić information content (AvgIpc) is 3.50. The average molecular weight is 492 g/mol. The van der Waals surface area contributed by atoms with E-state index in [4.69, 9.17) is 10.2 Å². The number of nitrogens with two attached hydrogens (primary N) is 1. The molecule has 2 aliphatic rings. The minimum Gasteiger partial charge on any atom is -0.463 e. The van der Waals surface area contributed by atoms with Crippen LogP contribution in [-0.2, 0) is 11.3 Å². The smallest absolute Gasteiger partial charge is 0.290 e. The summed E-state index contributed by atoms with van der Waals surface area (Å²) in [5.74, 6) is 1.96. The third kappa shape index (κ3) is 5.52. The van der Waals surface area contributed by atoms with Crippen molar-refractivity contribution in [1.82, 2.24) is 25.6 Å². The lowest BCUT2D eigenvalue weighted by Gasteiger charge is -2.32. The van der Waals surface area contributed by atoms with Crippen molar-refractivity contribution in [2.24, 2.45) is 5.92 Å². The summed E-state index contributed by atoms with van der Waals surface area (Å²) in [7, 11) is 0. The number of nitrogens with one attached hydrogen (secondary N) is 2. The Morgan fingerprint density at radius 2 is 2.06 bits per heavy atom. The predicted octanol–water partition coefficient (Wildman–Crippen LogP) is 3.04. The molecule has 0 spiro atoms. The molecular formula is C24H25N7O3S. The Bertz CT molecular complexity index is 1250. The number of carbonyl (C=O) groups excluding carboxylic acids is 2. The molecule has 2 aliphatic heterocycles. The maximum atomic E-state index is 11.8. The van der Waals surface area contributed by atoms with E-state index < -0.39 is 0 Å². The van der Waals surface area contributed by atoms with E-state index in [-0.39, 0.29) is 11.1 Å². The summed E-state index contributed by atoms with van der Waals surface area (Å²) in [4.78, 5) is 39.1. The molecule has 2 fully saturated rings. The van der Waals surface area contributed by atoms with Gasteiger partial charge in [-0.15, -0.1) is 0 Å². The van der Waals surface area contributed by atoms with Crippen LogP contribution in [0.1, 0.15) is 24.1 Å². The summed E-state index contributed by atoms with van der Waals surface area (Å²) in [5.41, 5.74) is 8.29. The molecule has 35 heavy (non-hydrogen) atoms. The number of rotatable bonds is 7. The number of nitrogens with zero attached hydrogens (tertiary/aromatic N) is 4. The zero-order chi connectivity index (χ0) is 24.2. The van der Waals surface area contributed by atoms with Crippen LogP contribution < -0.4 is 21.3 Å². The van der Waals surface area contributed by atoms with Gasteiger partial charge in [0.1, 0.15) is 11.5 Å². The molecule has 5 rings (SSSR count). The quantitative estimate of drug-likeness (QED) is 0.423. The molecule has 0 aliphatic carbocycles. The number of amides is 2. The van der Waals surface area contributed by atoms with E-state index in [0.29, 0.717) is 40.6 Å². The first-order valence-corrected chi connectivity index (χ1v) is 12.2. The van der Waals surface area contributed by atoms with Gasteiger partial charge in [0.15, 0.2) is 5.76 Å². The topological polar surface area (TPSA) is 139 Å². The van der Waals surface area contributed by atoms with Gasteiger partial charge in [-0.05, 0) is 73.0 Å². The van der Waals surface area contributed by atoms with Crippen LogP contribution in [0.25, 0.3) is 17.5 Å². The number of piperidine rings is 1. The lowest BCUT2D eigenvalue weighted by atomic mass is 9.97. The summed E-state index contributed by atoms with van der Waals surface area (Å²) < 4.78 is 5.52. The van der Waals surface area contributed by atoms with Gasteiger partial charge in [0.25, 0.3) is 11.1 Å². The molecule has 0 saturated carbocycles. The number of anilines is 2. The number of thioether (sulfide) groups is 1. The van der Waals surface area contributed by atoms with Gasteiger partial charge in [0.2, 0.25) is 5.95 Å². The Morgan fingerprint density at radius 1 is 1.20 bits per heavy atom. The van der Waals surface area contributed by atoms with Gasteiger partial charge in [0, 0.05) is 25.8 Å². The Balaban J connectivity index is 1.14. The number of nitrogen functional groups attached to an aromatic ring is 1. The molecule has 5 heterocycles.